The lowest BCUT2D eigenvalue weighted by Gasteiger charge is -2.19. The molecule has 0 fully saturated rings. The molecule has 1 heterocycles. The van der Waals surface area contributed by atoms with Gasteiger partial charge in [0, 0.05) is 23.5 Å². The van der Waals surface area contributed by atoms with Gasteiger partial charge in [0.2, 0.25) is 11.8 Å². The first-order chi connectivity index (χ1) is 11.5. The molecule has 7 heteroatoms. The summed E-state index contributed by atoms with van der Waals surface area (Å²) >= 11 is 11.9. The highest BCUT2D eigenvalue weighted by Crippen LogP contribution is 2.21. The molecule has 2 amide bonds. The monoisotopic (exact) mass is 368 g/mol. The summed E-state index contributed by atoms with van der Waals surface area (Å²) < 4.78 is 5.21. The summed E-state index contributed by atoms with van der Waals surface area (Å²) in [5.74, 6) is 0.204. The van der Waals surface area contributed by atoms with Crippen LogP contribution in [-0.2, 0) is 22.6 Å². The maximum Gasteiger partial charge on any atom is 0.239 e. The number of benzene rings is 1. The van der Waals surface area contributed by atoms with Crippen LogP contribution in [0.5, 0.6) is 0 Å². The zero-order valence-corrected chi connectivity index (χ0v) is 14.7. The summed E-state index contributed by atoms with van der Waals surface area (Å²) in [4.78, 5) is 25.1. The lowest BCUT2D eigenvalue weighted by atomic mass is 10.1. The minimum Gasteiger partial charge on any atom is -0.467 e. The van der Waals surface area contributed by atoms with E-state index in [4.69, 9.17) is 27.6 Å². The molecule has 0 atom stereocenters. The number of rotatable bonds is 7. The third-order valence-electron chi connectivity index (χ3n) is 3.44. The topological polar surface area (TPSA) is 62.6 Å². The van der Waals surface area contributed by atoms with Crippen LogP contribution < -0.4 is 5.32 Å². The van der Waals surface area contributed by atoms with E-state index in [1.807, 2.05) is 6.07 Å². The summed E-state index contributed by atoms with van der Waals surface area (Å²) in [6.07, 6.45) is 2.11. The zero-order valence-electron chi connectivity index (χ0n) is 13.2. The van der Waals surface area contributed by atoms with Crippen molar-refractivity contribution in [2.75, 3.05) is 13.1 Å². The van der Waals surface area contributed by atoms with Crippen molar-refractivity contribution >= 4 is 35.0 Å². The van der Waals surface area contributed by atoms with E-state index in [9.17, 15) is 9.59 Å². The number of nitrogens with zero attached hydrogens (tertiary/aromatic N) is 1. The predicted octanol–water partition coefficient (Wildman–Crippen LogP) is 3.29. The zero-order chi connectivity index (χ0) is 17.5. The molecule has 2 rings (SSSR count). The van der Waals surface area contributed by atoms with Crippen LogP contribution >= 0.6 is 23.2 Å². The summed E-state index contributed by atoms with van der Waals surface area (Å²) in [5, 5.41) is 3.92. The van der Waals surface area contributed by atoms with Gasteiger partial charge in [0.1, 0.15) is 5.76 Å². The fraction of sp³-hybridized carbons (Fsp3) is 0.294. The summed E-state index contributed by atoms with van der Waals surface area (Å²) in [6, 6.07) is 8.75. The van der Waals surface area contributed by atoms with Gasteiger partial charge in [-0.1, -0.05) is 29.3 Å². The second-order valence-corrected chi connectivity index (χ2v) is 6.13. The number of hydrogen-bond donors (Lipinski definition) is 1. The molecule has 5 nitrogen and oxygen atoms in total. The summed E-state index contributed by atoms with van der Waals surface area (Å²) in [6.45, 7) is 2.08. The van der Waals surface area contributed by atoms with Gasteiger partial charge in [-0.15, -0.1) is 0 Å². The minimum absolute atomic E-state index is 0.0234. The molecule has 0 saturated heterocycles. The molecule has 0 bridgehead atoms. The first kappa shape index (κ1) is 18.4. The van der Waals surface area contributed by atoms with Gasteiger partial charge < -0.3 is 14.6 Å². The van der Waals surface area contributed by atoms with Crippen LogP contribution in [0.15, 0.2) is 41.0 Å². The Hall–Kier alpha value is -1.98. The van der Waals surface area contributed by atoms with Crippen molar-refractivity contribution in [2.45, 2.75) is 19.9 Å². The third-order valence-corrected chi connectivity index (χ3v) is 4.03. The number of hydrogen-bond acceptors (Lipinski definition) is 3. The van der Waals surface area contributed by atoms with Gasteiger partial charge in [-0.2, -0.15) is 0 Å². The van der Waals surface area contributed by atoms with Gasteiger partial charge in [-0.25, -0.2) is 0 Å². The van der Waals surface area contributed by atoms with Crippen LogP contribution in [0.2, 0.25) is 10.0 Å². The van der Waals surface area contributed by atoms with Crippen molar-refractivity contribution < 1.29 is 14.0 Å². The highest BCUT2D eigenvalue weighted by Gasteiger charge is 2.15. The molecule has 1 aromatic carbocycles. The SMILES string of the molecule is CC(=O)N(CC(=O)NCCc1ccc(Cl)cc1Cl)Cc1ccco1. The van der Waals surface area contributed by atoms with Crippen LogP contribution in [0.3, 0.4) is 0 Å². The van der Waals surface area contributed by atoms with E-state index in [0.717, 1.165) is 5.56 Å². The average Bonchev–Trinajstić information content (AvgIpc) is 3.02. The van der Waals surface area contributed by atoms with Gasteiger partial charge in [0.25, 0.3) is 0 Å². The van der Waals surface area contributed by atoms with Crippen molar-refractivity contribution in [2.24, 2.45) is 0 Å². The molecule has 128 valence electrons. The van der Waals surface area contributed by atoms with Crippen molar-refractivity contribution in [3.8, 4) is 0 Å². The molecule has 24 heavy (non-hydrogen) atoms. The Morgan fingerprint density at radius 2 is 2.04 bits per heavy atom. The molecular weight excluding hydrogens is 351 g/mol. The van der Waals surface area contributed by atoms with Gasteiger partial charge in [-0.3, -0.25) is 9.59 Å². The first-order valence-electron chi connectivity index (χ1n) is 7.44. The summed E-state index contributed by atoms with van der Waals surface area (Å²) in [7, 11) is 0. The first-order valence-corrected chi connectivity index (χ1v) is 8.20. The van der Waals surface area contributed by atoms with Gasteiger partial charge in [-0.05, 0) is 36.2 Å². The molecule has 2 aromatic rings. The molecule has 0 saturated carbocycles. The van der Waals surface area contributed by atoms with E-state index in [1.54, 1.807) is 24.3 Å². The van der Waals surface area contributed by atoms with Crippen molar-refractivity contribution in [3.05, 3.63) is 58.0 Å². The molecule has 1 N–H and O–H groups in total. The second kappa shape index (κ2) is 8.76. The lowest BCUT2D eigenvalue weighted by Crippen LogP contribution is -2.39. The quantitative estimate of drug-likeness (QED) is 0.815. The number of amides is 2. The van der Waals surface area contributed by atoms with Crippen LogP contribution in [0.25, 0.3) is 0 Å². The smallest absolute Gasteiger partial charge is 0.239 e. The molecule has 1 aromatic heterocycles. The Kier molecular flexibility index (Phi) is 6.70. The molecular formula is C17H18Cl2N2O3. The van der Waals surface area contributed by atoms with E-state index in [2.05, 4.69) is 5.32 Å². The number of nitrogens with one attached hydrogen (secondary N) is 1. The number of halogens is 2. The average molecular weight is 369 g/mol. The maximum absolute atomic E-state index is 12.0. The van der Waals surface area contributed by atoms with Crippen molar-refractivity contribution in [3.63, 3.8) is 0 Å². The highest BCUT2D eigenvalue weighted by atomic mass is 35.5. The van der Waals surface area contributed by atoms with Crippen molar-refractivity contribution in [1.29, 1.82) is 0 Å². The van der Waals surface area contributed by atoms with E-state index in [0.29, 0.717) is 28.8 Å². The lowest BCUT2D eigenvalue weighted by molar-refractivity contribution is -0.135. The van der Waals surface area contributed by atoms with E-state index in [-0.39, 0.29) is 24.9 Å². The van der Waals surface area contributed by atoms with Gasteiger partial charge >= 0.3 is 0 Å². The van der Waals surface area contributed by atoms with Crippen molar-refractivity contribution in [1.82, 2.24) is 10.2 Å². The Morgan fingerprint density at radius 1 is 1.25 bits per heavy atom. The Balaban J connectivity index is 1.81. The molecule has 0 aliphatic carbocycles. The standard InChI is InChI=1S/C17H18Cl2N2O3/c1-12(22)21(10-15-3-2-8-24-15)11-17(23)20-7-6-13-4-5-14(18)9-16(13)19/h2-5,8-9H,6-7,10-11H2,1H3,(H,20,23). The maximum atomic E-state index is 12.0. The van der Waals surface area contributed by atoms with Crippen LogP contribution in [0, 0.1) is 0 Å². The molecule has 0 aliphatic heterocycles. The fourth-order valence-corrected chi connectivity index (χ4v) is 2.66. The number of carbonyl (C=O) groups is 2. The minimum atomic E-state index is -0.234. The third kappa shape index (κ3) is 5.58. The molecule has 0 radical (unpaired) electrons. The van der Waals surface area contributed by atoms with Gasteiger partial charge in [0.15, 0.2) is 0 Å². The second-order valence-electron chi connectivity index (χ2n) is 5.29. The Bertz CT molecular complexity index is 702. The Morgan fingerprint density at radius 3 is 2.67 bits per heavy atom. The van der Waals surface area contributed by atoms with Crippen LogP contribution in [0.1, 0.15) is 18.2 Å². The van der Waals surface area contributed by atoms with Crippen LogP contribution in [0.4, 0.5) is 0 Å². The van der Waals surface area contributed by atoms with E-state index in [1.165, 1.54) is 18.1 Å². The largest absolute Gasteiger partial charge is 0.467 e. The fourth-order valence-electron chi connectivity index (χ4n) is 2.16. The van der Waals surface area contributed by atoms with Crippen LogP contribution in [-0.4, -0.2) is 29.8 Å². The number of carbonyl (C=O) groups excluding carboxylic acids is 2. The van der Waals surface area contributed by atoms with Gasteiger partial charge in [0.05, 0.1) is 19.4 Å². The predicted molar refractivity (Wildman–Crippen MR) is 93.0 cm³/mol. The summed E-state index contributed by atoms with van der Waals surface area (Å²) in [5.41, 5.74) is 0.903. The Labute approximate surface area is 150 Å². The molecule has 0 unspecified atom stereocenters. The van der Waals surface area contributed by atoms with E-state index >= 15 is 0 Å². The van der Waals surface area contributed by atoms with E-state index < -0.39 is 0 Å². The molecule has 0 spiro atoms. The highest BCUT2D eigenvalue weighted by molar-refractivity contribution is 6.35. The normalized spacial score (nSPS) is 10.5. The number of furan rings is 1. The molecule has 0 aliphatic rings.